The van der Waals surface area contributed by atoms with E-state index < -0.39 is 0 Å². The molecule has 0 radical (unpaired) electrons. The number of aromatic nitrogens is 1. The standard InChI is InChI=1S/C17H18BrN3O/c18-15-5-3-4-14(10-15)17(22)20-12-13-6-7-16(19-11-13)21-8-1-2-9-21/h3-7,10-11H,1-2,8-9,12H2,(H,20,22). The third-order valence-corrected chi connectivity index (χ3v) is 4.27. The van der Waals surface area contributed by atoms with Gasteiger partial charge in [-0.2, -0.15) is 0 Å². The van der Waals surface area contributed by atoms with E-state index >= 15 is 0 Å². The van der Waals surface area contributed by atoms with Crippen LogP contribution in [0, 0.1) is 0 Å². The van der Waals surface area contributed by atoms with Gasteiger partial charge in [0.2, 0.25) is 0 Å². The first-order chi connectivity index (χ1) is 10.7. The first-order valence-corrected chi connectivity index (χ1v) is 8.25. The number of rotatable bonds is 4. The number of halogens is 1. The zero-order valence-electron chi connectivity index (χ0n) is 12.3. The number of benzene rings is 1. The van der Waals surface area contributed by atoms with Gasteiger partial charge in [0.1, 0.15) is 5.82 Å². The van der Waals surface area contributed by atoms with Gasteiger partial charge in [0, 0.05) is 35.9 Å². The summed E-state index contributed by atoms with van der Waals surface area (Å²) in [6.45, 7) is 2.66. The van der Waals surface area contributed by atoms with E-state index in [0.717, 1.165) is 28.9 Å². The molecular formula is C17H18BrN3O. The predicted octanol–water partition coefficient (Wildman–Crippen LogP) is 3.37. The van der Waals surface area contributed by atoms with E-state index in [-0.39, 0.29) is 5.91 Å². The lowest BCUT2D eigenvalue weighted by Gasteiger charge is -2.16. The van der Waals surface area contributed by atoms with Gasteiger partial charge in [0.25, 0.3) is 5.91 Å². The fraction of sp³-hybridized carbons (Fsp3) is 0.294. The second kappa shape index (κ2) is 6.92. The molecular weight excluding hydrogens is 342 g/mol. The summed E-state index contributed by atoms with van der Waals surface area (Å²) in [5.74, 6) is 0.949. The lowest BCUT2D eigenvalue weighted by Crippen LogP contribution is -2.23. The summed E-state index contributed by atoms with van der Waals surface area (Å²) in [6.07, 6.45) is 4.33. The summed E-state index contributed by atoms with van der Waals surface area (Å²) in [5, 5.41) is 2.92. The van der Waals surface area contributed by atoms with Crippen LogP contribution in [0.25, 0.3) is 0 Å². The largest absolute Gasteiger partial charge is 0.357 e. The molecule has 4 nitrogen and oxygen atoms in total. The zero-order valence-corrected chi connectivity index (χ0v) is 13.8. The second-order valence-electron chi connectivity index (χ2n) is 5.41. The van der Waals surface area contributed by atoms with Gasteiger partial charge < -0.3 is 10.2 Å². The summed E-state index contributed by atoms with van der Waals surface area (Å²) in [4.78, 5) is 18.9. The number of carbonyl (C=O) groups excluding carboxylic acids is 1. The van der Waals surface area contributed by atoms with Crippen LogP contribution >= 0.6 is 15.9 Å². The SMILES string of the molecule is O=C(NCc1ccc(N2CCCC2)nc1)c1cccc(Br)c1. The van der Waals surface area contributed by atoms with Gasteiger partial charge in [-0.1, -0.05) is 28.1 Å². The number of anilines is 1. The van der Waals surface area contributed by atoms with Crippen molar-refractivity contribution in [3.8, 4) is 0 Å². The molecule has 1 aromatic heterocycles. The van der Waals surface area contributed by atoms with Crippen LogP contribution in [0.1, 0.15) is 28.8 Å². The highest BCUT2D eigenvalue weighted by Gasteiger charge is 2.13. The molecule has 0 atom stereocenters. The topological polar surface area (TPSA) is 45.2 Å². The van der Waals surface area contributed by atoms with Crippen molar-refractivity contribution in [2.24, 2.45) is 0 Å². The van der Waals surface area contributed by atoms with Gasteiger partial charge in [-0.25, -0.2) is 4.98 Å². The molecule has 1 fully saturated rings. The van der Waals surface area contributed by atoms with Crippen molar-refractivity contribution >= 4 is 27.7 Å². The minimum absolute atomic E-state index is 0.0788. The summed E-state index contributed by atoms with van der Waals surface area (Å²) in [5.41, 5.74) is 1.65. The maximum atomic E-state index is 12.1. The number of pyridine rings is 1. The monoisotopic (exact) mass is 359 g/mol. The van der Waals surface area contributed by atoms with Crippen molar-refractivity contribution in [2.45, 2.75) is 19.4 Å². The number of amides is 1. The van der Waals surface area contributed by atoms with Crippen LogP contribution in [-0.2, 0) is 6.54 Å². The molecule has 0 spiro atoms. The average molecular weight is 360 g/mol. The van der Waals surface area contributed by atoms with Crippen LogP contribution in [-0.4, -0.2) is 24.0 Å². The van der Waals surface area contributed by atoms with Crippen molar-refractivity contribution < 1.29 is 4.79 Å². The maximum absolute atomic E-state index is 12.1. The Kier molecular flexibility index (Phi) is 4.73. The van der Waals surface area contributed by atoms with Crippen LogP contribution < -0.4 is 10.2 Å². The van der Waals surface area contributed by atoms with Crippen LogP contribution in [0.3, 0.4) is 0 Å². The molecule has 1 N–H and O–H groups in total. The highest BCUT2D eigenvalue weighted by atomic mass is 79.9. The highest BCUT2D eigenvalue weighted by molar-refractivity contribution is 9.10. The first-order valence-electron chi connectivity index (χ1n) is 7.46. The molecule has 0 bridgehead atoms. The van der Waals surface area contributed by atoms with Crippen molar-refractivity contribution in [1.82, 2.24) is 10.3 Å². The predicted molar refractivity (Wildman–Crippen MR) is 91.0 cm³/mol. The van der Waals surface area contributed by atoms with Crippen molar-refractivity contribution in [2.75, 3.05) is 18.0 Å². The van der Waals surface area contributed by atoms with E-state index in [0.29, 0.717) is 12.1 Å². The number of hydrogen-bond donors (Lipinski definition) is 1. The molecule has 5 heteroatoms. The lowest BCUT2D eigenvalue weighted by molar-refractivity contribution is 0.0951. The molecule has 1 aliphatic rings. The van der Waals surface area contributed by atoms with Crippen LogP contribution in [0.4, 0.5) is 5.82 Å². The van der Waals surface area contributed by atoms with Gasteiger partial charge in [0.15, 0.2) is 0 Å². The van der Waals surface area contributed by atoms with E-state index in [1.165, 1.54) is 12.8 Å². The summed E-state index contributed by atoms with van der Waals surface area (Å²) in [6, 6.07) is 11.4. The van der Waals surface area contributed by atoms with Crippen molar-refractivity contribution in [1.29, 1.82) is 0 Å². The molecule has 3 rings (SSSR count). The Balaban J connectivity index is 1.58. The van der Waals surface area contributed by atoms with Crippen molar-refractivity contribution in [3.63, 3.8) is 0 Å². The van der Waals surface area contributed by atoms with Gasteiger partial charge >= 0.3 is 0 Å². The Morgan fingerprint density at radius 3 is 2.73 bits per heavy atom. The highest BCUT2D eigenvalue weighted by Crippen LogP contribution is 2.17. The van der Waals surface area contributed by atoms with Crippen molar-refractivity contribution in [3.05, 3.63) is 58.2 Å². The number of nitrogens with zero attached hydrogens (tertiary/aromatic N) is 2. The molecule has 1 aliphatic heterocycles. The molecule has 2 heterocycles. The van der Waals surface area contributed by atoms with Gasteiger partial charge in [0.05, 0.1) is 0 Å². The third-order valence-electron chi connectivity index (χ3n) is 3.78. The normalized spacial score (nSPS) is 14.1. The molecule has 0 aliphatic carbocycles. The zero-order chi connectivity index (χ0) is 15.4. The smallest absolute Gasteiger partial charge is 0.251 e. The number of nitrogens with one attached hydrogen (secondary N) is 1. The summed E-state index contributed by atoms with van der Waals surface area (Å²) in [7, 11) is 0. The van der Waals surface area contributed by atoms with Gasteiger partial charge in [-0.15, -0.1) is 0 Å². The molecule has 1 aromatic carbocycles. The van der Waals surface area contributed by atoms with E-state index in [9.17, 15) is 4.79 Å². The van der Waals surface area contributed by atoms with E-state index in [1.54, 1.807) is 6.07 Å². The fourth-order valence-electron chi connectivity index (χ4n) is 2.57. The Bertz CT molecular complexity index is 651. The Morgan fingerprint density at radius 2 is 2.05 bits per heavy atom. The summed E-state index contributed by atoms with van der Waals surface area (Å²) >= 11 is 3.37. The number of hydrogen-bond acceptors (Lipinski definition) is 3. The lowest BCUT2D eigenvalue weighted by atomic mass is 10.2. The molecule has 1 amide bonds. The third kappa shape index (κ3) is 3.65. The average Bonchev–Trinajstić information content (AvgIpc) is 3.07. The Labute approximate surface area is 138 Å². The van der Waals surface area contributed by atoms with Gasteiger partial charge in [-0.3, -0.25) is 4.79 Å². The van der Waals surface area contributed by atoms with E-state index in [4.69, 9.17) is 0 Å². The van der Waals surface area contributed by atoms with Crippen LogP contribution in [0.15, 0.2) is 47.1 Å². The Morgan fingerprint density at radius 1 is 1.23 bits per heavy atom. The van der Waals surface area contributed by atoms with Crippen LogP contribution in [0.5, 0.6) is 0 Å². The van der Waals surface area contributed by atoms with E-state index in [1.807, 2.05) is 36.5 Å². The molecule has 2 aromatic rings. The molecule has 0 saturated carbocycles. The van der Waals surface area contributed by atoms with Gasteiger partial charge in [-0.05, 0) is 42.7 Å². The quantitative estimate of drug-likeness (QED) is 0.909. The van der Waals surface area contributed by atoms with Crippen LogP contribution in [0.2, 0.25) is 0 Å². The Hall–Kier alpha value is -1.88. The number of carbonyl (C=O) groups is 1. The molecule has 22 heavy (non-hydrogen) atoms. The maximum Gasteiger partial charge on any atom is 0.251 e. The minimum Gasteiger partial charge on any atom is -0.357 e. The fourth-order valence-corrected chi connectivity index (χ4v) is 2.97. The molecule has 114 valence electrons. The minimum atomic E-state index is -0.0788. The molecule has 0 unspecified atom stereocenters. The first kappa shape index (κ1) is 15.0. The summed E-state index contributed by atoms with van der Waals surface area (Å²) < 4.78 is 0.900. The van der Waals surface area contributed by atoms with E-state index in [2.05, 4.69) is 31.1 Å². The molecule has 1 saturated heterocycles. The second-order valence-corrected chi connectivity index (χ2v) is 6.33.